The van der Waals surface area contributed by atoms with E-state index >= 15 is 0 Å². The fraction of sp³-hybridized carbons (Fsp3) is 0.500. The molecule has 1 fully saturated rings. The Morgan fingerprint density at radius 3 is 2.38 bits per heavy atom. The number of aliphatic carboxylic acids is 1. The number of carbonyl (C=O) groups excluding carboxylic acids is 2. The fourth-order valence-corrected chi connectivity index (χ4v) is 7.02. The van der Waals surface area contributed by atoms with Gasteiger partial charge in [-0.3, -0.25) is 14.4 Å². The van der Waals surface area contributed by atoms with Crippen LogP contribution in [0.2, 0.25) is 5.02 Å². The number of hydrogen-bond acceptors (Lipinski definition) is 6. The first-order valence-electron chi connectivity index (χ1n) is 13.4. The summed E-state index contributed by atoms with van der Waals surface area (Å²) >= 11 is 7.93. The van der Waals surface area contributed by atoms with Gasteiger partial charge in [-0.1, -0.05) is 44.5 Å². The molecule has 2 aromatic carbocycles. The molecule has 2 amide bonds. The van der Waals surface area contributed by atoms with Crippen molar-refractivity contribution in [2.45, 2.75) is 50.5 Å². The van der Waals surface area contributed by atoms with Crippen LogP contribution in [0.1, 0.15) is 56.4 Å². The van der Waals surface area contributed by atoms with Crippen molar-refractivity contribution in [2.24, 2.45) is 11.3 Å². The molecule has 0 bridgehead atoms. The van der Waals surface area contributed by atoms with E-state index < -0.39 is 17.1 Å². The minimum absolute atomic E-state index is 0.00633. The average Bonchev–Trinajstić information content (AvgIpc) is 3.02. The molecule has 2 atom stereocenters. The molecule has 1 N–H and O–H groups in total. The molecule has 2 aliphatic heterocycles. The molecule has 2 aromatic rings. The molecule has 1 saturated heterocycles. The van der Waals surface area contributed by atoms with E-state index in [9.17, 15) is 19.5 Å². The molecule has 0 radical (unpaired) electrons. The van der Waals surface area contributed by atoms with Crippen LogP contribution in [-0.4, -0.2) is 66.9 Å². The number of fused-ring (bicyclic) bond motifs is 1. The van der Waals surface area contributed by atoms with Crippen LogP contribution in [0, 0.1) is 11.3 Å². The number of benzene rings is 2. The summed E-state index contributed by atoms with van der Waals surface area (Å²) in [6, 6.07) is 11.2. The Hall–Kier alpha value is -2.91. The number of halogens is 1. The van der Waals surface area contributed by atoms with Crippen molar-refractivity contribution in [1.82, 2.24) is 4.90 Å². The van der Waals surface area contributed by atoms with Crippen molar-refractivity contribution in [1.29, 1.82) is 0 Å². The van der Waals surface area contributed by atoms with Gasteiger partial charge in [0.2, 0.25) is 11.8 Å². The number of hydrogen-bond donors (Lipinski definition) is 1. The third-order valence-electron chi connectivity index (χ3n) is 7.31. The Labute approximate surface area is 244 Å². The fourth-order valence-electron chi connectivity index (χ4n) is 5.37. The highest BCUT2D eigenvalue weighted by Crippen LogP contribution is 2.51. The molecular weight excluding hydrogens is 552 g/mol. The van der Waals surface area contributed by atoms with Crippen molar-refractivity contribution in [3.8, 4) is 11.5 Å². The van der Waals surface area contributed by atoms with Crippen LogP contribution in [0.3, 0.4) is 0 Å². The number of anilines is 1. The molecule has 2 heterocycles. The summed E-state index contributed by atoms with van der Waals surface area (Å²) < 4.78 is 11.4. The number of carbonyl (C=O) groups is 3. The number of thioether (sulfide) groups is 1. The first-order chi connectivity index (χ1) is 18.9. The molecule has 216 valence electrons. The maximum absolute atomic E-state index is 14.3. The molecule has 40 heavy (non-hydrogen) atoms. The lowest BCUT2D eigenvalue weighted by atomic mass is 9.94. The van der Waals surface area contributed by atoms with Crippen LogP contribution in [0.15, 0.2) is 36.4 Å². The van der Waals surface area contributed by atoms with E-state index in [0.29, 0.717) is 49.0 Å². The molecule has 0 aromatic heterocycles. The summed E-state index contributed by atoms with van der Waals surface area (Å²) in [5, 5.41) is 8.84. The number of methoxy groups -OCH3 is 2. The number of carboxylic acids is 1. The van der Waals surface area contributed by atoms with Crippen molar-refractivity contribution in [2.75, 3.05) is 38.8 Å². The van der Waals surface area contributed by atoms with Gasteiger partial charge in [0.15, 0.2) is 11.5 Å². The van der Waals surface area contributed by atoms with Gasteiger partial charge < -0.3 is 24.4 Å². The Balaban J connectivity index is 1.77. The van der Waals surface area contributed by atoms with E-state index in [4.69, 9.17) is 21.1 Å². The summed E-state index contributed by atoms with van der Waals surface area (Å²) in [5.74, 6) is -0.422. The quantitative estimate of drug-likeness (QED) is 0.446. The SMILES string of the molecule is COc1cccc([C@@H]2S[C@@H](CC(=O)N3CCC(C(=O)O)CC3)C(=O)N(CC(C)(C)C)c3ccc(Cl)cc32)c1OC. The number of para-hydroxylation sites is 1. The molecule has 0 saturated carbocycles. The van der Waals surface area contributed by atoms with Crippen LogP contribution >= 0.6 is 23.4 Å². The van der Waals surface area contributed by atoms with E-state index in [1.165, 1.54) is 11.8 Å². The van der Waals surface area contributed by atoms with E-state index in [1.807, 2.05) is 30.3 Å². The summed E-state index contributed by atoms with van der Waals surface area (Å²) in [6.45, 7) is 7.42. The minimum Gasteiger partial charge on any atom is -0.493 e. The lowest BCUT2D eigenvalue weighted by Crippen LogP contribution is -2.45. The van der Waals surface area contributed by atoms with Gasteiger partial charge in [0.05, 0.1) is 30.6 Å². The third-order valence-corrected chi connectivity index (χ3v) is 9.02. The van der Waals surface area contributed by atoms with Crippen molar-refractivity contribution >= 4 is 46.8 Å². The molecule has 0 unspecified atom stereocenters. The number of amides is 2. The molecule has 0 spiro atoms. The summed E-state index contributed by atoms with van der Waals surface area (Å²) in [4.78, 5) is 42.6. The minimum atomic E-state index is -0.828. The van der Waals surface area contributed by atoms with Gasteiger partial charge in [-0.15, -0.1) is 11.8 Å². The number of nitrogens with zero attached hydrogens (tertiary/aromatic N) is 2. The average molecular weight is 589 g/mol. The van der Waals surface area contributed by atoms with E-state index in [2.05, 4.69) is 20.8 Å². The molecule has 4 rings (SSSR count). The molecule has 8 nitrogen and oxygen atoms in total. The summed E-state index contributed by atoms with van der Waals surface area (Å²) in [5.41, 5.74) is 2.22. The molecule has 0 aliphatic carbocycles. The second-order valence-corrected chi connectivity index (χ2v) is 13.2. The lowest BCUT2D eigenvalue weighted by Gasteiger charge is -2.33. The van der Waals surface area contributed by atoms with Gasteiger partial charge in [-0.2, -0.15) is 0 Å². The van der Waals surface area contributed by atoms with E-state index in [1.54, 1.807) is 30.1 Å². The molecule has 2 aliphatic rings. The second kappa shape index (κ2) is 12.3. The third kappa shape index (κ3) is 6.52. The van der Waals surface area contributed by atoms with Crippen molar-refractivity contribution < 1.29 is 29.0 Å². The van der Waals surface area contributed by atoms with Crippen LogP contribution < -0.4 is 14.4 Å². The first kappa shape index (κ1) is 30.1. The Morgan fingerprint density at radius 2 is 1.77 bits per heavy atom. The Morgan fingerprint density at radius 1 is 1.07 bits per heavy atom. The van der Waals surface area contributed by atoms with Gasteiger partial charge in [0.25, 0.3) is 0 Å². The summed E-state index contributed by atoms with van der Waals surface area (Å²) in [6.07, 6.45) is 0.833. The zero-order valence-electron chi connectivity index (χ0n) is 23.6. The molecule has 10 heteroatoms. The molecular formula is C30H37ClN2O6S. The monoisotopic (exact) mass is 588 g/mol. The Kier molecular flexibility index (Phi) is 9.25. The van der Waals surface area contributed by atoms with Crippen molar-refractivity contribution in [3.05, 3.63) is 52.5 Å². The topological polar surface area (TPSA) is 96.4 Å². The highest BCUT2D eigenvalue weighted by molar-refractivity contribution is 8.01. The lowest BCUT2D eigenvalue weighted by molar-refractivity contribution is -0.145. The van der Waals surface area contributed by atoms with Gasteiger partial charge in [-0.25, -0.2) is 0 Å². The van der Waals surface area contributed by atoms with Crippen LogP contribution in [0.5, 0.6) is 11.5 Å². The van der Waals surface area contributed by atoms with E-state index in [0.717, 1.165) is 16.8 Å². The number of likely N-dealkylation sites (tertiary alicyclic amines) is 1. The van der Waals surface area contributed by atoms with Crippen LogP contribution in [-0.2, 0) is 14.4 Å². The highest BCUT2D eigenvalue weighted by atomic mass is 35.5. The van der Waals surface area contributed by atoms with Gasteiger partial charge >= 0.3 is 5.97 Å². The normalized spacial score (nSPS) is 20.1. The predicted molar refractivity (Wildman–Crippen MR) is 158 cm³/mol. The predicted octanol–water partition coefficient (Wildman–Crippen LogP) is 5.65. The number of piperidine rings is 1. The maximum Gasteiger partial charge on any atom is 0.306 e. The summed E-state index contributed by atoms with van der Waals surface area (Å²) in [7, 11) is 3.16. The van der Waals surface area contributed by atoms with Crippen LogP contribution in [0.4, 0.5) is 5.69 Å². The van der Waals surface area contributed by atoms with Gasteiger partial charge in [0, 0.05) is 42.3 Å². The largest absolute Gasteiger partial charge is 0.493 e. The van der Waals surface area contributed by atoms with Crippen molar-refractivity contribution in [3.63, 3.8) is 0 Å². The standard InChI is InChI=1S/C30H37ClN2O6S/c1-30(2,3)17-33-22-10-9-19(31)15-21(22)27(20-7-6-8-23(38-4)26(20)39-5)40-24(28(33)35)16-25(34)32-13-11-18(12-14-32)29(36)37/h6-10,15,18,24,27H,11-14,16-17H2,1-5H3,(H,36,37)/t24-,27-/m0/s1. The maximum atomic E-state index is 14.3. The smallest absolute Gasteiger partial charge is 0.306 e. The van der Waals surface area contributed by atoms with E-state index in [-0.39, 0.29) is 28.9 Å². The zero-order chi connectivity index (χ0) is 29.2. The first-order valence-corrected chi connectivity index (χ1v) is 14.7. The number of rotatable bonds is 7. The van der Waals surface area contributed by atoms with Crippen LogP contribution in [0.25, 0.3) is 0 Å². The van der Waals surface area contributed by atoms with Gasteiger partial charge in [0.1, 0.15) is 0 Å². The highest BCUT2D eigenvalue weighted by Gasteiger charge is 2.41. The number of ether oxygens (including phenoxy) is 2. The number of carboxylic acid groups (broad SMARTS) is 1. The Bertz CT molecular complexity index is 1270. The second-order valence-electron chi connectivity index (χ2n) is 11.5. The van der Waals surface area contributed by atoms with Gasteiger partial charge in [-0.05, 0) is 48.1 Å². The zero-order valence-corrected chi connectivity index (χ0v) is 25.2.